The Balaban J connectivity index is 2.62. The van der Waals surface area contributed by atoms with E-state index in [9.17, 15) is 19.8 Å². The van der Waals surface area contributed by atoms with Crippen LogP contribution < -0.4 is 5.32 Å². The number of ether oxygens (including phenoxy) is 1. The van der Waals surface area contributed by atoms with Crippen LogP contribution in [0.15, 0.2) is 0 Å². The number of carbonyl (C=O) groups is 2. The second kappa shape index (κ2) is 7.09. The van der Waals surface area contributed by atoms with Crippen LogP contribution in [-0.2, 0) is 9.53 Å². The number of hydrogen-bond donors (Lipinski definition) is 3. The van der Waals surface area contributed by atoms with Gasteiger partial charge in [0.15, 0.2) is 0 Å². The predicted molar refractivity (Wildman–Crippen MR) is 77.1 cm³/mol. The van der Waals surface area contributed by atoms with E-state index in [2.05, 4.69) is 5.32 Å². The maximum Gasteiger partial charge on any atom is 0.317 e. The molecule has 1 saturated heterocycles. The van der Waals surface area contributed by atoms with Gasteiger partial charge in [0.25, 0.3) is 0 Å². The summed E-state index contributed by atoms with van der Waals surface area (Å²) in [6, 6.07) is -0.355. The van der Waals surface area contributed by atoms with Crippen molar-refractivity contribution in [2.75, 3.05) is 32.8 Å². The van der Waals surface area contributed by atoms with Crippen LogP contribution in [0.4, 0.5) is 4.79 Å². The van der Waals surface area contributed by atoms with Crippen LogP contribution >= 0.6 is 0 Å². The molecule has 0 bridgehead atoms. The third kappa shape index (κ3) is 5.17. The standard InChI is InChI=1S/C14H26N2O5/c1-4-16(10-13(2,3)20)12(19)15-9-14(11(17)18)5-7-21-8-6-14/h20H,4-10H2,1-3H3,(H,15,19)(H,17,18). The van der Waals surface area contributed by atoms with Crippen molar-refractivity contribution in [3.63, 3.8) is 0 Å². The molecule has 7 nitrogen and oxygen atoms in total. The molecule has 1 heterocycles. The summed E-state index contributed by atoms with van der Waals surface area (Å²) in [5.41, 5.74) is -1.95. The summed E-state index contributed by atoms with van der Waals surface area (Å²) >= 11 is 0. The second-order valence-electron chi connectivity index (χ2n) is 6.18. The molecule has 7 heteroatoms. The van der Waals surface area contributed by atoms with Crippen molar-refractivity contribution < 1.29 is 24.5 Å². The molecule has 1 aliphatic rings. The first-order valence-corrected chi connectivity index (χ1v) is 7.26. The fourth-order valence-electron chi connectivity index (χ4n) is 2.38. The number of urea groups is 1. The third-order valence-electron chi connectivity index (χ3n) is 3.73. The summed E-state index contributed by atoms with van der Waals surface area (Å²) in [5, 5.41) is 21.9. The van der Waals surface area contributed by atoms with Gasteiger partial charge in [0.05, 0.1) is 17.6 Å². The highest BCUT2D eigenvalue weighted by Gasteiger charge is 2.40. The van der Waals surface area contributed by atoms with Gasteiger partial charge in [-0.25, -0.2) is 4.79 Å². The Kier molecular flexibility index (Phi) is 5.98. The number of nitrogens with one attached hydrogen (secondary N) is 1. The molecule has 122 valence electrons. The minimum Gasteiger partial charge on any atom is -0.481 e. The molecular formula is C14H26N2O5. The Hall–Kier alpha value is -1.34. The van der Waals surface area contributed by atoms with Crippen LogP contribution in [-0.4, -0.2) is 65.6 Å². The number of aliphatic hydroxyl groups is 1. The van der Waals surface area contributed by atoms with E-state index in [0.717, 1.165) is 0 Å². The molecule has 3 N–H and O–H groups in total. The van der Waals surface area contributed by atoms with Gasteiger partial charge in [-0.1, -0.05) is 0 Å². The highest BCUT2D eigenvalue weighted by atomic mass is 16.5. The van der Waals surface area contributed by atoms with E-state index >= 15 is 0 Å². The predicted octanol–water partition coefficient (Wildman–Crippen LogP) is 0.670. The van der Waals surface area contributed by atoms with Crippen molar-refractivity contribution >= 4 is 12.0 Å². The van der Waals surface area contributed by atoms with Gasteiger partial charge in [-0.15, -0.1) is 0 Å². The largest absolute Gasteiger partial charge is 0.481 e. The summed E-state index contributed by atoms with van der Waals surface area (Å²) in [6.45, 7) is 6.56. The molecule has 0 aromatic carbocycles. The van der Waals surface area contributed by atoms with E-state index in [-0.39, 0.29) is 19.1 Å². The van der Waals surface area contributed by atoms with Gasteiger partial charge in [-0.05, 0) is 33.6 Å². The summed E-state index contributed by atoms with van der Waals surface area (Å²) in [4.78, 5) is 25.1. The van der Waals surface area contributed by atoms with Gasteiger partial charge in [-0.2, -0.15) is 0 Å². The number of carbonyl (C=O) groups excluding carboxylic acids is 1. The lowest BCUT2D eigenvalue weighted by Crippen LogP contribution is -2.52. The van der Waals surface area contributed by atoms with Crippen molar-refractivity contribution in [3.8, 4) is 0 Å². The molecule has 0 saturated carbocycles. The van der Waals surface area contributed by atoms with Gasteiger partial charge in [-0.3, -0.25) is 4.79 Å². The summed E-state index contributed by atoms with van der Waals surface area (Å²) < 4.78 is 5.20. The normalized spacial score (nSPS) is 18.1. The summed E-state index contributed by atoms with van der Waals surface area (Å²) in [7, 11) is 0. The molecule has 0 aromatic rings. The Morgan fingerprint density at radius 1 is 1.33 bits per heavy atom. The number of hydrogen-bond acceptors (Lipinski definition) is 4. The van der Waals surface area contributed by atoms with Gasteiger partial charge in [0, 0.05) is 26.3 Å². The minimum absolute atomic E-state index is 0.0763. The summed E-state index contributed by atoms with van der Waals surface area (Å²) in [6.07, 6.45) is 0.778. The number of carboxylic acids is 1. The molecule has 2 amide bonds. The van der Waals surface area contributed by atoms with Crippen LogP contribution in [0.5, 0.6) is 0 Å². The molecule has 0 aliphatic carbocycles. The van der Waals surface area contributed by atoms with E-state index in [1.807, 2.05) is 6.92 Å². The lowest BCUT2D eigenvalue weighted by Gasteiger charge is -2.34. The average Bonchev–Trinajstić information content (AvgIpc) is 2.42. The molecule has 1 rings (SSSR count). The average molecular weight is 302 g/mol. The highest BCUT2D eigenvalue weighted by Crippen LogP contribution is 2.30. The van der Waals surface area contributed by atoms with Gasteiger partial charge < -0.3 is 25.2 Å². The molecule has 1 fully saturated rings. The van der Waals surface area contributed by atoms with Crippen molar-refractivity contribution in [2.45, 2.75) is 39.2 Å². The van der Waals surface area contributed by atoms with Gasteiger partial charge in [0.1, 0.15) is 0 Å². The zero-order valence-corrected chi connectivity index (χ0v) is 13.0. The zero-order valence-electron chi connectivity index (χ0n) is 13.0. The van der Waals surface area contributed by atoms with Crippen LogP contribution in [0.2, 0.25) is 0 Å². The van der Waals surface area contributed by atoms with Gasteiger partial charge in [0.2, 0.25) is 0 Å². The van der Waals surface area contributed by atoms with Gasteiger partial charge >= 0.3 is 12.0 Å². The molecular weight excluding hydrogens is 276 g/mol. The van der Waals surface area contributed by atoms with E-state index < -0.39 is 17.0 Å². The van der Waals surface area contributed by atoms with Crippen LogP contribution in [0, 0.1) is 5.41 Å². The fourth-order valence-corrected chi connectivity index (χ4v) is 2.38. The summed E-state index contributed by atoms with van der Waals surface area (Å²) in [5.74, 6) is -0.906. The lowest BCUT2D eigenvalue weighted by atomic mass is 9.80. The van der Waals surface area contributed by atoms with E-state index in [4.69, 9.17) is 4.74 Å². The molecule has 0 atom stereocenters. The van der Waals surface area contributed by atoms with E-state index in [1.165, 1.54) is 4.90 Å². The third-order valence-corrected chi connectivity index (χ3v) is 3.73. The first-order chi connectivity index (χ1) is 9.70. The van der Waals surface area contributed by atoms with Crippen molar-refractivity contribution in [2.24, 2.45) is 5.41 Å². The zero-order chi connectivity index (χ0) is 16.1. The topological polar surface area (TPSA) is 99.1 Å². The van der Waals surface area contributed by atoms with E-state index in [1.54, 1.807) is 13.8 Å². The van der Waals surface area contributed by atoms with Crippen molar-refractivity contribution in [3.05, 3.63) is 0 Å². The number of carboxylic acid groups (broad SMARTS) is 1. The molecule has 0 spiro atoms. The Morgan fingerprint density at radius 2 is 1.90 bits per heavy atom. The SMILES string of the molecule is CCN(CC(C)(C)O)C(=O)NCC1(C(=O)O)CCOCC1. The molecule has 0 radical (unpaired) electrons. The number of nitrogens with zero attached hydrogens (tertiary/aromatic N) is 1. The Morgan fingerprint density at radius 3 is 2.33 bits per heavy atom. The van der Waals surface area contributed by atoms with Crippen molar-refractivity contribution in [1.29, 1.82) is 0 Å². The lowest BCUT2D eigenvalue weighted by molar-refractivity contribution is -0.154. The molecule has 1 aliphatic heterocycles. The Bertz CT molecular complexity index is 372. The number of amides is 2. The number of aliphatic carboxylic acids is 1. The number of rotatable bonds is 6. The minimum atomic E-state index is -0.990. The molecule has 0 unspecified atom stereocenters. The maximum absolute atomic E-state index is 12.1. The molecule has 0 aromatic heterocycles. The highest BCUT2D eigenvalue weighted by molar-refractivity contribution is 5.78. The Labute approximate surface area is 125 Å². The molecule has 21 heavy (non-hydrogen) atoms. The van der Waals surface area contributed by atoms with Crippen LogP contribution in [0.3, 0.4) is 0 Å². The van der Waals surface area contributed by atoms with Crippen molar-refractivity contribution in [1.82, 2.24) is 10.2 Å². The van der Waals surface area contributed by atoms with E-state index in [0.29, 0.717) is 32.6 Å². The quantitative estimate of drug-likeness (QED) is 0.670. The smallest absolute Gasteiger partial charge is 0.317 e. The van der Waals surface area contributed by atoms with Crippen LogP contribution in [0.25, 0.3) is 0 Å². The maximum atomic E-state index is 12.1. The first kappa shape index (κ1) is 17.7. The second-order valence-corrected chi connectivity index (χ2v) is 6.18. The fraction of sp³-hybridized carbons (Fsp3) is 0.857. The monoisotopic (exact) mass is 302 g/mol. The van der Waals surface area contributed by atoms with Crippen LogP contribution in [0.1, 0.15) is 33.6 Å². The number of likely N-dealkylation sites (N-methyl/N-ethyl adjacent to an activating group) is 1. The first-order valence-electron chi connectivity index (χ1n) is 7.26.